The van der Waals surface area contributed by atoms with Gasteiger partial charge in [0.05, 0.1) is 6.61 Å². The fourth-order valence-electron chi connectivity index (χ4n) is 3.90. The second-order valence-electron chi connectivity index (χ2n) is 8.58. The average molecular weight is 442 g/mol. The third kappa shape index (κ3) is 8.91. The normalized spacial score (nSPS) is 11.1. The van der Waals surface area contributed by atoms with Gasteiger partial charge in [0.2, 0.25) is 0 Å². The molecule has 176 valence electrons. The van der Waals surface area contributed by atoms with Crippen molar-refractivity contribution < 1.29 is 19.7 Å². The minimum Gasteiger partial charge on any atom is -0.504 e. The first-order valence-electron chi connectivity index (χ1n) is 11.8. The number of phenols is 2. The number of carbonyl (C=O) groups excluding carboxylic acids is 1. The Morgan fingerprint density at radius 3 is 2.47 bits per heavy atom. The Labute approximate surface area is 193 Å². The largest absolute Gasteiger partial charge is 0.504 e. The van der Waals surface area contributed by atoms with Gasteiger partial charge in [-0.3, -0.25) is 0 Å². The summed E-state index contributed by atoms with van der Waals surface area (Å²) in [6.07, 6.45) is 6.27. The van der Waals surface area contributed by atoms with Crippen molar-refractivity contribution in [1.82, 2.24) is 4.90 Å². The lowest BCUT2D eigenvalue weighted by molar-refractivity contribution is -0.116. The zero-order valence-electron chi connectivity index (χ0n) is 19.9. The molecular formula is C27H39NO4. The van der Waals surface area contributed by atoms with E-state index < -0.39 is 0 Å². The minimum atomic E-state index is -0.0474. The number of unbranched alkanes of at least 4 members (excludes halogenated alkanes) is 1. The smallest absolute Gasteiger partial charge is 0.160 e. The van der Waals surface area contributed by atoms with Crippen molar-refractivity contribution in [3.8, 4) is 17.2 Å². The fraction of sp³-hybridized carbons (Fsp3) is 0.519. The summed E-state index contributed by atoms with van der Waals surface area (Å²) in [6, 6.07) is 11.3. The molecule has 0 aliphatic heterocycles. The molecule has 2 N–H and O–H groups in total. The first kappa shape index (κ1) is 25.7. The lowest BCUT2D eigenvalue weighted by atomic mass is 10.0. The average Bonchev–Trinajstić information content (AvgIpc) is 2.75. The Morgan fingerprint density at radius 2 is 1.75 bits per heavy atom. The van der Waals surface area contributed by atoms with Crippen molar-refractivity contribution in [3.63, 3.8) is 0 Å². The van der Waals surface area contributed by atoms with Gasteiger partial charge in [0, 0.05) is 6.42 Å². The van der Waals surface area contributed by atoms with Gasteiger partial charge in [-0.15, -0.1) is 0 Å². The van der Waals surface area contributed by atoms with Gasteiger partial charge in [-0.25, -0.2) is 0 Å². The van der Waals surface area contributed by atoms with Gasteiger partial charge in [-0.05, 0) is 107 Å². The van der Waals surface area contributed by atoms with Crippen LogP contribution in [0.3, 0.4) is 0 Å². The second kappa shape index (κ2) is 13.8. The van der Waals surface area contributed by atoms with Crippen LogP contribution in [0.2, 0.25) is 0 Å². The van der Waals surface area contributed by atoms with Crippen LogP contribution >= 0.6 is 0 Å². The maximum atomic E-state index is 11.2. The van der Waals surface area contributed by atoms with Crippen molar-refractivity contribution in [1.29, 1.82) is 0 Å². The van der Waals surface area contributed by atoms with Gasteiger partial charge in [0.25, 0.3) is 0 Å². The van der Waals surface area contributed by atoms with Crippen LogP contribution in [0.25, 0.3) is 0 Å². The number of aromatic hydroxyl groups is 2. The van der Waals surface area contributed by atoms with Crippen LogP contribution in [0, 0.1) is 6.92 Å². The van der Waals surface area contributed by atoms with E-state index in [0.717, 1.165) is 69.5 Å². The molecule has 5 heteroatoms. The predicted molar refractivity (Wildman–Crippen MR) is 130 cm³/mol. The second-order valence-corrected chi connectivity index (χ2v) is 8.58. The van der Waals surface area contributed by atoms with Crippen LogP contribution in [-0.4, -0.2) is 47.1 Å². The number of hydrogen-bond acceptors (Lipinski definition) is 5. The Hall–Kier alpha value is -2.53. The summed E-state index contributed by atoms with van der Waals surface area (Å²) in [6.45, 7) is 9.67. The molecule has 0 saturated carbocycles. The zero-order valence-corrected chi connectivity index (χ0v) is 19.9. The van der Waals surface area contributed by atoms with Crippen molar-refractivity contribution in [2.24, 2.45) is 0 Å². The Bertz CT molecular complexity index is 850. The number of Topliss-reactive ketones (excluding diaryl/α,β-unsaturated/α-hetero) is 1. The maximum Gasteiger partial charge on any atom is 0.160 e. The summed E-state index contributed by atoms with van der Waals surface area (Å²) >= 11 is 0. The number of ketones is 1. The third-order valence-electron chi connectivity index (χ3n) is 5.76. The topological polar surface area (TPSA) is 70.0 Å². The Kier molecular flexibility index (Phi) is 11.1. The third-order valence-corrected chi connectivity index (χ3v) is 5.76. The number of hydrogen-bond donors (Lipinski definition) is 2. The molecule has 2 aromatic rings. The van der Waals surface area contributed by atoms with Gasteiger partial charge >= 0.3 is 0 Å². The number of para-hydroxylation sites is 1. The number of aryl methyl sites for hydroxylation is 3. The maximum absolute atomic E-state index is 11.2. The molecular weight excluding hydrogens is 402 g/mol. The van der Waals surface area contributed by atoms with Gasteiger partial charge < -0.3 is 24.6 Å². The molecule has 2 rings (SSSR count). The van der Waals surface area contributed by atoms with Crippen molar-refractivity contribution in [3.05, 3.63) is 53.1 Å². The highest BCUT2D eigenvalue weighted by Gasteiger charge is 2.08. The van der Waals surface area contributed by atoms with Gasteiger partial charge in [0.15, 0.2) is 11.5 Å². The zero-order chi connectivity index (χ0) is 23.3. The van der Waals surface area contributed by atoms with E-state index in [1.54, 1.807) is 13.0 Å². The monoisotopic (exact) mass is 441 g/mol. The number of benzene rings is 2. The highest BCUT2D eigenvalue weighted by Crippen LogP contribution is 2.29. The SMILES string of the molecule is CCCN(CCCCOc1ccc(CCC(C)=O)c(C)c1)CCCc1cccc(O)c1O. The molecule has 0 saturated heterocycles. The molecule has 32 heavy (non-hydrogen) atoms. The van der Waals surface area contributed by atoms with Gasteiger partial charge in [-0.2, -0.15) is 0 Å². The first-order chi connectivity index (χ1) is 15.4. The van der Waals surface area contributed by atoms with Crippen LogP contribution in [-0.2, 0) is 17.6 Å². The summed E-state index contributed by atoms with van der Waals surface area (Å²) in [7, 11) is 0. The number of phenolic OH excluding ortho intramolecular Hbond substituents is 2. The molecule has 5 nitrogen and oxygen atoms in total. The van der Waals surface area contributed by atoms with E-state index in [-0.39, 0.29) is 17.3 Å². The van der Waals surface area contributed by atoms with Crippen LogP contribution in [0.4, 0.5) is 0 Å². The Morgan fingerprint density at radius 1 is 0.969 bits per heavy atom. The van der Waals surface area contributed by atoms with E-state index in [1.165, 1.54) is 17.2 Å². The van der Waals surface area contributed by atoms with E-state index in [2.05, 4.69) is 30.9 Å². The van der Waals surface area contributed by atoms with E-state index in [1.807, 2.05) is 12.1 Å². The van der Waals surface area contributed by atoms with E-state index >= 15 is 0 Å². The highest BCUT2D eigenvalue weighted by molar-refractivity contribution is 5.75. The number of rotatable bonds is 15. The van der Waals surface area contributed by atoms with Gasteiger partial charge in [0.1, 0.15) is 11.5 Å². The molecule has 2 aromatic carbocycles. The summed E-state index contributed by atoms with van der Waals surface area (Å²) in [5.41, 5.74) is 3.19. The van der Waals surface area contributed by atoms with E-state index in [0.29, 0.717) is 13.0 Å². The molecule has 0 fully saturated rings. The molecule has 0 spiro atoms. The predicted octanol–water partition coefficient (Wildman–Crippen LogP) is 5.43. The van der Waals surface area contributed by atoms with Crippen LogP contribution in [0.1, 0.15) is 62.6 Å². The molecule has 0 aromatic heterocycles. The van der Waals surface area contributed by atoms with Gasteiger partial charge in [-0.1, -0.05) is 25.1 Å². The highest BCUT2D eigenvalue weighted by atomic mass is 16.5. The standard InChI is InChI=1S/C27H39NO4/c1-4-16-28(18-8-10-24-9-7-11-26(30)27(24)31)17-5-6-19-32-25-15-14-23(21(2)20-25)13-12-22(3)29/h7,9,11,14-15,20,30-31H,4-6,8,10,12-13,16-19H2,1-3H3. The van der Waals surface area contributed by atoms with Crippen molar-refractivity contribution >= 4 is 5.78 Å². The molecule has 0 unspecified atom stereocenters. The summed E-state index contributed by atoms with van der Waals surface area (Å²) in [5.74, 6) is 1.08. The quantitative estimate of drug-likeness (QED) is 0.285. The molecule has 0 aliphatic rings. The number of carbonyl (C=O) groups is 1. The van der Waals surface area contributed by atoms with Crippen LogP contribution in [0.15, 0.2) is 36.4 Å². The lowest BCUT2D eigenvalue weighted by Crippen LogP contribution is -2.27. The molecule has 0 bridgehead atoms. The van der Waals surface area contributed by atoms with E-state index in [4.69, 9.17) is 4.74 Å². The summed E-state index contributed by atoms with van der Waals surface area (Å²) in [5, 5.41) is 19.6. The Balaban J connectivity index is 1.68. The first-order valence-corrected chi connectivity index (χ1v) is 11.8. The summed E-state index contributed by atoms with van der Waals surface area (Å²) in [4.78, 5) is 13.7. The van der Waals surface area contributed by atoms with Crippen molar-refractivity contribution in [2.75, 3.05) is 26.2 Å². The van der Waals surface area contributed by atoms with Crippen molar-refractivity contribution in [2.45, 2.75) is 65.7 Å². The number of nitrogens with zero attached hydrogens (tertiary/aromatic N) is 1. The lowest BCUT2D eigenvalue weighted by Gasteiger charge is -2.21. The summed E-state index contributed by atoms with van der Waals surface area (Å²) < 4.78 is 5.94. The molecule has 0 radical (unpaired) electrons. The fourth-order valence-corrected chi connectivity index (χ4v) is 3.90. The van der Waals surface area contributed by atoms with E-state index in [9.17, 15) is 15.0 Å². The minimum absolute atomic E-state index is 0.00816. The molecule has 0 heterocycles. The number of ether oxygens (including phenoxy) is 1. The molecule has 0 aliphatic carbocycles. The van der Waals surface area contributed by atoms with Crippen LogP contribution in [0.5, 0.6) is 17.2 Å². The molecule has 0 atom stereocenters. The molecule has 0 amide bonds. The van der Waals surface area contributed by atoms with Crippen LogP contribution < -0.4 is 4.74 Å².